The molecule has 2 aromatic rings. The van der Waals surface area contributed by atoms with Gasteiger partial charge in [0.15, 0.2) is 5.65 Å². The number of rotatable bonds is 4. The molecule has 0 saturated carbocycles. The van der Waals surface area contributed by atoms with Crippen LogP contribution in [0.1, 0.15) is 25.6 Å². The van der Waals surface area contributed by atoms with Gasteiger partial charge in [-0.05, 0) is 13.3 Å². The first kappa shape index (κ1) is 10.9. The predicted molar refractivity (Wildman–Crippen MR) is 64.5 cm³/mol. The maximum atomic E-state index is 4.45. The summed E-state index contributed by atoms with van der Waals surface area (Å²) in [5.41, 5.74) is 0.922. The number of nitrogens with one attached hydrogen (secondary N) is 1. The fourth-order valence-corrected chi connectivity index (χ4v) is 1.73. The average molecular weight is 219 g/mol. The lowest BCUT2D eigenvalue weighted by Crippen LogP contribution is -2.03. The number of hydrogen-bond donors (Lipinski definition) is 1. The van der Waals surface area contributed by atoms with Crippen LogP contribution in [0.15, 0.2) is 6.20 Å². The molecule has 0 spiro atoms. The van der Waals surface area contributed by atoms with Crippen molar-refractivity contribution < 1.29 is 0 Å². The zero-order valence-corrected chi connectivity index (χ0v) is 9.99. The molecule has 0 unspecified atom stereocenters. The van der Waals surface area contributed by atoms with Crippen LogP contribution < -0.4 is 5.32 Å². The Kier molecular flexibility index (Phi) is 3.03. The van der Waals surface area contributed by atoms with Gasteiger partial charge < -0.3 is 5.32 Å². The lowest BCUT2D eigenvalue weighted by Gasteiger charge is -2.04. The number of unbranched alkanes of at least 4 members (excludes halogenated alkanes) is 1. The monoisotopic (exact) mass is 219 g/mol. The number of aromatic nitrogens is 4. The van der Waals surface area contributed by atoms with Gasteiger partial charge in [-0.2, -0.15) is 5.10 Å². The minimum atomic E-state index is 0.773. The van der Waals surface area contributed by atoms with Crippen LogP contribution in [0.5, 0.6) is 0 Å². The van der Waals surface area contributed by atoms with Crippen molar-refractivity contribution in [1.29, 1.82) is 0 Å². The van der Waals surface area contributed by atoms with E-state index in [1.807, 2.05) is 24.9 Å². The summed E-state index contributed by atoms with van der Waals surface area (Å²) < 4.78 is 1.95. The van der Waals surface area contributed by atoms with Gasteiger partial charge in [0.25, 0.3) is 0 Å². The molecule has 0 aliphatic heterocycles. The summed E-state index contributed by atoms with van der Waals surface area (Å²) in [6, 6.07) is 0. The van der Waals surface area contributed by atoms with Crippen molar-refractivity contribution in [3.05, 3.63) is 12.0 Å². The largest absolute Gasteiger partial charge is 0.372 e. The van der Waals surface area contributed by atoms with Crippen LogP contribution in [0.2, 0.25) is 0 Å². The Hall–Kier alpha value is -1.65. The molecule has 0 radical (unpaired) electrons. The van der Waals surface area contributed by atoms with Crippen molar-refractivity contribution in [2.24, 2.45) is 0 Å². The van der Waals surface area contributed by atoms with E-state index in [0.717, 1.165) is 42.1 Å². The summed E-state index contributed by atoms with van der Waals surface area (Å²) in [7, 11) is 1.87. The van der Waals surface area contributed by atoms with E-state index < -0.39 is 0 Å². The second-order valence-electron chi connectivity index (χ2n) is 3.83. The quantitative estimate of drug-likeness (QED) is 0.854. The minimum absolute atomic E-state index is 0.773. The minimum Gasteiger partial charge on any atom is -0.372 e. The van der Waals surface area contributed by atoms with E-state index in [0.29, 0.717) is 0 Å². The molecule has 2 heterocycles. The third kappa shape index (κ3) is 1.85. The third-order valence-corrected chi connectivity index (χ3v) is 2.57. The van der Waals surface area contributed by atoms with E-state index in [2.05, 4.69) is 27.3 Å². The summed E-state index contributed by atoms with van der Waals surface area (Å²) >= 11 is 0. The van der Waals surface area contributed by atoms with Crippen LogP contribution in [0, 0.1) is 6.92 Å². The van der Waals surface area contributed by atoms with Gasteiger partial charge in [-0.3, -0.25) is 0 Å². The van der Waals surface area contributed by atoms with E-state index in [9.17, 15) is 0 Å². The molecule has 2 rings (SSSR count). The van der Waals surface area contributed by atoms with Crippen LogP contribution in [0.3, 0.4) is 0 Å². The summed E-state index contributed by atoms with van der Waals surface area (Å²) in [4.78, 5) is 8.78. The maximum absolute atomic E-state index is 4.45. The molecule has 2 aromatic heterocycles. The van der Waals surface area contributed by atoms with Gasteiger partial charge in [0, 0.05) is 13.6 Å². The Morgan fingerprint density at radius 3 is 2.88 bits per heavy atom. The van der Waals surface area contributed by atoms with Gasteiger partial charge in [-0.1, -0.05) is 13.3 Å². The lowest BCUT2D eigenvalue weighted by molar-refractivity contribution is 0.583. The smallest absolute Gasteiger partial charge is 0.163 e. The molecule has 0 aromatic carbocycles. The van der Waals surface area contributed by atoms with Gasteiger partial charge in [0.1, 0.15) is 11.6 Å². The maximum Gasteiger partial charge on any atom is 0.163 e. The predicted octanol–water partition coefficient (Wildman–Crippen LogP) is 1.98. The first-order valence-corrected chi connectivity index (χ1v) is 5.64. The van der Waals surface area contributed by atoms with E-state index in [1.54, 1.807) is 0 Å². The molecule has 86 valence electrons. The second kappa shape index (κ2) is 4.47. The van der Waals surface area contributed by atoms with Crippen molar-refractivity contribution in [2.45, 2.75) is 33.2 Å². The molecular formula is C11H17N5. The number of nitrogens with zero attached hydrogens (tertiary/aromatic N) is 4. The number of fused-ring (bicyclic) bond motifs is 1. The Bertz CT molecular complexity index is 488. The molecule has 0 saturated heterocycles. The van der Waals surface area contributed by atoms with Crippen molar-refractivity contribution in [3.63, 3.8) is 0 Å². The molecule has 5 nitrogen and oxygen atoms in total. The zero-order chi connectivity index (χ0) is 11.5. The van der Waals surface area contributed by atoms with Gasteiger partial charge in [-0.25, -0.2) is 14.6 Å². The molecule has 0 atom stereocenters. The molecule has 16 heavy (non-hydrogen) atoms. The second-order valence-corrected chi connectivity index (χ2v) is 3.83. The Morgan fingerprint density at radius 1 is 1.38 bits per heavy atom. The van der Waals surface area contributed by atoms with Crippen LogP contribution in [-0.2, 0) is 6.54 Å². The fraction of sp³-hybridized carbons (Fsp3) is 0.545. The Morgan fingerprint density at radius 2 is 2.19 bits per heavy atom. The average Bonchev–Trinajstić information content (AvgIpc) is 2.68. The summed E-state index contributed by atoms with van der Waals surface area (Å²) in [5.74, 6) is 1.63. The number of anilines is 1. The number of hydrogen-bond acceptors (Lipinski definition) is 4. The highest BCUT2D eigenvalue weighted by Gasteiger charge is 2.09. The highest BCUT2D eigenvalue weighted by molar-refractivity contribution is 5.86. The van der Waals surface area contributed by atoms with E-state index >= 15 is 0 Å². The first-order chi connectivity index (χ1) is 7.76. The van der Waals surface area contributed by atoms with Gasteiger partial charge in [0.2, 0.25) is 0 Å². The van der Waals surface area contributed by atoms with Crippen molar-refractivity contribution in [2.75, 3.05) is 12.4 Å². The van der Waals surface area contributed by atoms with E-state index in [1.165, 1.54) is 0 Å². The van der Waals surface area contributed by atoms with E-state index in [-0.39, 0.29) is 0 Å². The van der Waals surface area contributed by atoms with Gasteiger partial charge >= 0.3 is 0 Å². The molecule has 5 heteroatoms. The summed E-state index contributed by atoms with van der Waals surface area (Å²) in [6.45, 7) is 4.99. The van der Waals surface area contributed by atoms with Gasteiger partial charge in [-0.15, -0.1) is 0 Å². The Labute approximate surface area is 94.9 Å². The summed E-state index contributed by atoms with van der Waals surface area (Å²) in [5, 5.41) is 8.42. The lowest BCUT2D eigenvalue weighted by atomic mass is 10.3. The van der Waals surface area contributed by atoms with Crippen molar-refractivity contribution in [3.8, 4) is 0 Å². The Balaban J connectivity index is 2.49. The molecule has 0 bridgehead atoms. The molecule has 0 amide bonds. The highest BCUT2D eigenvalue weighted by atomic mass is 15.3. The molecule has 0 fully saturated rings. The molecule has 1 N–H and O–H groups in total. The standard InChI is InChI=1S/C11H17N5/c1-4-5-6-16-11-9(7-13-16)10(12-3)14-8(2)15-11/h7H,4-6H2,1-3H3,(H,12,14,15). The fourth-order valence-electron chi connectivity index (χ4n) is 1.73. The normalized spacial score (nSPS) is 10.9. The molecular weight excluding hydrogens is 202 g/mol. The zero-order valence-electron chi connectivity index (χ0n) is 9.99. The van der Waals surface area contributed by atoms with Crippen molar-refractivity contribution >= 4 is 16.9 Å². The van der Waals surface area contributed by atoms with Crippen LogP contribution >= 0.6 is 0 Å². The topological polar surface area (TPSA) is 55.6 Å². The number of aryl methyl sites for hydroxylation is 2. The molecule has 0 aliphatic carbocycles. The first-order valence-electron chi connectivity index (χ1n) is 5.64. The van der Waals surface area contributed by atoms with Crippen LogP contribution in [0.25, 0.3) is 11.0 Å². The highest BCUT2D eigenvalue weighted by Crippen LogP contribution is 2.19. The SMILES string of the molecule is CCCCn1ncc2c(NC)nc(C)nc21. The van der Waals surface area contributed by atoms with Crippen LogP contribution in [0.4, 0.5) is 5.82 Å². The summed E-state index contributed by atoms with van der Waals surface area (Å²) in [6.07, 6.45) is 4.11. The molecule has 0 aliphatic rings. The van der Waals surface area contributed by atoms with Gasteiger partial charge in [0.05, 0.1) is 11.6 Å². The van der Waals surface area contributed by atoms with E-state index in [4.69, 9.17) is 0 Å². The van der Waals surface area contributed by atoms with Crippen molar-refractivity contribution in [1.82, 2.24) is 19.7 Å². The van der Waals surface area contributed by atoms with Crippen LogP contribution in [-0.4, -0.2) is 26.8 Å². The third-order valence-electron chi connectivity index (χ3n) is 2.57.